The molecule has 0 bridgehead atoms. The zero-order chi connectivity index (χ0) is 14.9. The predicted octanol–water partition coefficient (Wildman–Crippen LogP) is 3.45. The van der Waals surface area contributed by atoms with Crippen molar-refractivity contribution in [1.82, 2.24) is 9.97 Å². The lowest BCUT2D eigenvalue weighted by Gasteiger charge is -2.38. The Bertz CT molecular complexity index is 513. The van der Waals surface area contributed by atoms with E-state index in [1.807, 2.05) is 7.05 Å². The molecule has 0 aliphatic heterocycles. The van der Waals surface area contributed by atoms with Gasteiger partial charge in [0.15, 0.2) is 5.82 Å². The molecule has 1 aromatic heterocycles. The number of aryl methyl sites for hydroxylation is 1. The van der Waals surface area contributed by atoms with Gasteiger partial charge in [0, 0.05) is 24.9 Å². The summed E-state index contributed by atoms with van der Waals surface area (Å²) >= 11 is 0. The molecule has 1 fully saturated rings. The molecule has 2 unspecified atom stereocenters. The van der Waals surface area contributed by atoms with Gasteiger partial charge in [-0.3, -0.25) is 0 Å². The lowest BCUT2D eigenvalue weighted by molar-refractivity contribution is -0.0881. The summed E-state index contributed by atoms with van der Waals surface area (Å²) in [4.78, 5) is 9.80. The maximum absolute atomic E-state index is 6.23. The number of nitrogens with one attached hydrogen (secondary N) is 1. The van der Waals surface area contributed by atoms with Crippen LogP contribution in [0.4, 0.5) is 5.82 Å². The van der Waals surface area contributed by atoms with E-state index in [-0.39, 0.29) is 5.60 Å². The molecule has 2 aliphatic carbocycles. The van der Waals surface area contributed by atoms with Gasteiger partial charge in [0.1, 0.15) is 11.4 Å². The first kappa shape index (κ1) is 14.8. The zero-order valence-electron chi connectivity index (χ0n) is 13.5. The summed E-state index contributed by atoms with van der Waals surface area (Å²) in [7, 11) is 1.96. The molecule has 2 aliphatic rings. The maximum Gasteiger partial charge on any atom is 0.162 e. The number of aromatic nitrogens is 2. The van der Waals surface area contributed by atoms with Crippen LogP contribution >= 0.6 is 0 Å². The van der Waals surface area contributed by atoms with Gasteiger partial charge in [0.25, 0.3) is 0 Å². The molecule has 0 amide bonds. The second-order valence-electron chi connectivity index (χ2n) is 6.55. The first-order chi connectivity index (χ1) is 10.2. The minimum absolute atomic E-state index is 0.268. The van der Waals surface area contributed by atoms with Crippen LogP contribution in [0.3, 0.4) is 0 Å². The third kappa shape index (κ3) is 2.66. The van der Waals surface area contributed by atoms with E-state index in [1.54, 1.807) is 0 Å². The van der Waals surface area contributed by atoms with Crippen LogP contribution in [0.5, 0.6) is 0 Å². The van der Waals surface area contributed by atoms with Crippen molar-refractivity contribution < 1.29 is 4.74 Å². The first-order valence-corrected chi connectivity index (χ1v) is 8.40. The molecular weight excluding hydrogens is 262 g/mol. The SMILES string of the molecule is CCOC1(c2nc3c(c(NC)n2)CCC3)CCCC(C)C1. The average Bonchev–Trinajstić information content (AvgIpc) is 2.95. The molecule has 116 valence electrons. The summed E-state index contributed by atoms with van der Waals surface area (Å²) in [6.45, 7) is 5.12. The molecule has 0 saturated heterocycles. The van der Waals surface area contributed by atoms with E-state index in [1.165, 1.54) is 30.5 Å². The van der Waals surface area contributed by atoms with Crippen LogP contribution in [-0.4, -0.2) is 23.6 Å². The Balaban J connectivity index is 2.03. The van der Waals surface area contributed by atoms with Crippen molar-refractivity contribution in [3.63, 3.8) is 0 Å². The van der Waals surface area contributed by atoms with Gasteiger partial charge in [-0.1, -0.05) is 13.3 Å². The number of nitrogens with zero attached hydrogens (tertiary/aromatic N) is 2. The Hall–Kier alpha value is -1.16. The minimum Gasteiger partial charge on any atom is -0.373 e. The number of rotatable bonds is 4. The lowest BCUT2D eigenvalue weighted by Crippen LogP contribution is -2.37. The second-order valence-corrected chi connectivity index (χ2v) is 6.55. The van der Waals surface area contributed by atoms with E-state index < -0.39 is 0 Å². The van der Waals surface area contributed by atoms with Gasteiger partial charge in [-0.05, 0) is 51.4 Å². The quantitative estimate of drug-likeness (QED) is 0.922. The molecule has 1 saturated carbocycles. The van der Waals surface area contributed by atoms with Gasteiger partial charge in [0.2, 0.25) is 0 Å². The molecule has 4 nitrogen and oxygen atoms in total. The molecule has 0 spiro atoms. The van der Waals surface area contributed by atoms with Crippen molar-refractivity contribution in [2.45, 2.75) is 64.4 Å². The molecule has 4 heteroatoms. The number of hydrogen-bond acceptors (Lipinski definition) is 4. The highest BCUT2D eigenvalue weighted by molar-refractivity contribution is 5.48. The fourth-order valence-corrected chi connectivity index (χ4v) is 4.02. The molecule has 21 heavy (non-hydrogen) atoms. The van der Waals surface area contributed by atoms with Gasteiger partial charge in [0.05, 0.1) is 0 Å². The smallest absolute Gasteiger partial charge is 0.162 e. The van der Waals surface area contributed by atoms with Gasteiger partial charge in [-0.2, -0.15) is 0 Å². The third-order valence-corrected chi connectivity index (χ3v) is 4.95. The van der Waals surface area contributed by atoms with Crippen molar-refractivity contribution in [3.8, 4) is 0 Å². The highest BCUT2D eigenvalue weighted by Gasteiger charge is 2.41. The van der Waals surface area contributed by atoms with Gasteiger partial charge in [-0.15, -0.1) is 0 Å². The van der Waals surface area contributed by atoms with Crippen molar-refractivity contribution in [2.24, 2.45) is 5.92 Å². The standard InChI is InChI=1S/C17H27N3O/c1-4-21-17(10-6-7-12(2)11-17)16-19-14-9-5-8-13(14)15(18-3)20-16/h12H,4-11H2,1-3H3,(H,18,19,20). The van der Waals surface area contributed by atoms with E-state index in [4.69, 9.17) is 14.7 Å². The number of anilines is 1. The van der Waals surface area contributed by atoms with Crippen LogP contribution in [0.25, 0.3) is 0 Å². The minimum atomic E-state index is -0.268. The predicted molar refractivity (Wildman–Crippen MR) is 84.5 cm³/mol. The maximum atomic E-state index is 6.23. The normalized spacial score (nSPS) is 28.4. The Morgan fingerprint density at radius 3 is 2.86 bits per heavy atom. The lowest BCUT2D eigenvalue weighted by atomic mass is 9.78. The Morgan fingerprint density at radius 1 is 1.29 bits per heavy atom. The van der Waals surface area contributed by atoms with Crippen molar-refractivity contribution >= 4 is 5.82 Å². The largest absolute Gasteiger partial charge is 0.373 e. The van der Waals surface area contributed by atoms with Crippen LogP contribution in [0.2, 0.25) is 0 Å². The second kappa shape index (κ2) is 5.91. The summed E-state index contributed by atoms with van der Waals surface area (Å²) in [6, 6.07) is 0. The van der Waals surface area contributed by atoms with Crippen molar-refractivity contribution in [3.05, 3.63) is 17.1 Å². The van der Waals surface area contributed by atoms with Crippen LogP contribution in [0.1, 0.15) is 63.0 Å². The van der Waals surface area contributed by atoms with E-state index >= 15 is 0 Å². The summed E-state index contributed by atoms with van der Waals surface area (Å²) in [5.41, 5.74) is 2.29. The summed E-state index contributed by atoms with van der Waals surface area (Å²) in [5.74, 6) is 2.62. The van der Waals surface area contributed by atoms with E-state index in [9.17, 15) is 0 Å². The third-order valence-electron chi connectivity index (χ3n) is 4.95. The Kier molecular flexibility index (Phi) is 4.16. The molecule has 2 atom stereocenters. The van der Waals surface area contributed by atoms with Gasteiger partial charge in [-0.25, -0.2) is 9.97 Å². The molecule has 3 rings (SSSR count). The topological polar surface area (TPSA) is 47.0 Å². The average molecular weight is 289 g/mol. The van der Waals surface area contributed by atoms with Gasteiger partial charge < -0.3 is 10.1 Å². The van der Waals surface area contributed by atoms with Gasteiger partial charge >= 0.3 is 0 Å². The Morgan fingerprint density at radius 2 is 2.14 bits per heavy atom. The number of fused-ring (bicyclic) bond motifs is 1. The molecule has 1 aromatic rings. The van der Waals surface area contributed by atoms with Crippen LogP contribution in [0, 0.1) is 5.92 Å². The summed E-state index contributed by atoms with van der Waals surface area (Å²) in [6.07, 6.45) is 7.96. The van der Waals surface area contributed by atoms with E-state index in [0.717, 1.165) is 43.9 Å². The molecule has 0 aromatic carbocycles. The first-order valence-electron chi connectivity index (χ1n) is 8.40. The molecule has 0 radical (unpaired) electrons. The van der Waals surface area contributed by atoms with E-state index in [0.29, 0.717) is 5.92 Å². The zero-order valence-corrected chi connectivity index (χ0v) is 13.5. The van der Waals surface area contributed by atoms with Crippen LogP contribution in [0.15, 0.2) is 0 Å². The van der Waals surface area contributed by atoms with Crippen molar-refractivity contribution in [2.75, 3.05) is 19.0 Å². The van der Waals surface area contributed by atoms with E-state index in [2.05, 4.69) is 19.2 Å². The highest BCUT2D eigenvalue weighted by Crippen LogP contribution is 2.42. The number of hydrogen-bond donors (Lipinski definition) is 1. The molecule has 1 heterocycles. The highest BCUT2D eigenvalue weighted by atomic mass is 16.5. The van der Waals surface area contributed by atoms with Crippen LogP contribution in [-0.2, 0) is 23.2 Å². The van der Waals surface area contributed by atoms with Crippen molar-refractivity contribution in [1.29, 1.82) is 0 Å². The number of ether oxygens (including phenoxy) is 1. The summed E-state index contributed by atoms with van der Waals surface area (Å²) in [5, 5.41) is 3.27. The summed E-state index contributed by atoms with van der Waals surface area (Å²) < 4.78 is 6.23. The fourth-order valence-electron chi connectivity index (χ4n) is 4.02. The van der Waals surface area contributed by atoms with Crippen LogP contribution < -0.4 is 5.32 Å². The fraction of sp³-hybridized carbons (Fsp3) is 0.765. The molecular formula is C17H27N3O. The monoisotopic (exact) mass is 289 g/mol. The Labute approximate surface area is 127 Å². The molecule has 1 N–H and O–H groups in total.